The molecule has 3 amide bonds. The van der Waals surface area contributed by atoms with Gasteiger partial charge >= 0.3 is 6.03 Å². The zero-order chi connectivity index (χ0) is 25.4. The standard InChI is InChI=1S/C22H26N8O5/c1-28-4-5-30(20(32)13-28)12-16-11-25-21(26-17(16)14-31)29(2)22(33)27-19-8-18(35-7-6-34-3)15(9-23)10-24-19/h8,10-11,14H,4-7,12-13H2,1-3H3,(H,24,27,33). The van der Waals surface area contributed by atoms with E-state index in [-0.39, 0.29) is 47.8 Å². The van der Waals surface area contributed by atoms with Gasteiger partial charge in [0.25, 0.3) is 0 Å². The second-order valence-electron chi connectivity index (χ2n) is 7.76. The summed E-state index contributed by atoms with van der Waals surface area (Å²) >= 11 is 0. The number of carbonyl (C=O) groups excluding carboxylic acids is 3. The molecule has 0 bridgehead atoms. The molecule has 0 unspecified atom stereocenters. The molecule has 2 aromatic heterocycles. The Labute approximate surface area is 202 Å². The van der Waals surface area contributed by atoms with Gasteiger partial charge in [0, 0.05) is 51.6 Å². The Morgan fingerprint density at radius 2 is 2.11 bits per heavy atom. The highest BCUT2D eigenvalue weighted by Crippen LogP contribution is 2.21. The molecule has 13 heteroatoms. The molecule has 0 radical (unpaired) electrons. The van der Waals surface area contributed by atoms with E-state index in [1.165, 1.54) is 32.6 Å². The number of nitriles is 1. The molecule has 2 aromatic rings. The monoisotopic (exact) mass is 482 g/mol. The van der Waals surface area contributed by atoms with E-state index in [2.05, 4.69) is 20.3 Å². The van der Waals surface area contributed by atoms with Gasteiger partial charge in [-0.3, -0.25) is 24.7 Å². The fourth-order valence-corrected chi connectivity index (χ4v) is 3.22. The largest absolute Gasteiger partial charge is 0.490 e. The zero-order valence-electron chi connectivity index (χ0n) is 19.7. The third-order valence-corrected chi connectivity index (χ3v) is 5.24. The van der Waals surface area contributed by atoms with Crippen molar-refractivity contribution in [1.29, 1.82) is 5.26 Å². The van der Waals surface area contributed by atoms with Gasteiger partial charge in [-0.25, -0.2) is 19.7 Å². The van der Waals surface area contributed by atoms with Gasteiger partial charge in [-0.2, -0.15) is 5.26 Å². The second kappa shape index (κ2) is 11.8. The number of ether oxygens (including phenoxy) is 2. The van der Waals surface area contributed by atoms with Crippen molar-refractivity contribution in [3.63, 3.8) is 0 Å². The number of nitrogens with zero attached hydrogens (tertiary/aromatic N) is 7. The van der Waals surface area contributed by atoms with Gasteiger partial charge in [0.2, 0.25) is 11.9 Å². The topological polar surface area (TPSA) is 154 Å². The van der Waals surface area contributed by atoms with Gasteiger partial charge in [0.1, 0.15) is 35.5 Å². The van der Waals surface area contributed by atoms with Gasteiger partial charge in [-0.1, -0.05) is 0 Å². The number of nitrogens with one attached hydrogen (secondary N) is 1. The normalized spacial score (nSPS) is 13.8. The number of amides is 3. The molecule has 0 spiro atoms. The van der Waals surface area contributed by atoms with Crippen molar-refractivity contribution in [1.82, 2.24) is 24.8 Å². The molecule has 1 aliphatic rings. The van der Waals surface area contributed by atoms with Crippen LogP contribution in [0.2, 0.25) is 0 Å². The fraction of sp³-hybridized carbons (Fsp3) is 0.409. The van der Waals surface area contributed by atoms with Crippen LogP contribution in [0.1, 0.15) is 21.6 Å². The number of anilines is 2. The first-order valence-corrected chi connectivity index (χ1v) is 10.7. The highest BCUT2D eigenvalue weighted by molar-refractivity contribution is 5.99. The first-order valence-electron chi connectivity index (χ1n) is 10.7. The predicted molar refractivity (Wildman–Crippen MR) is 124 cm³/mol. The highest BCUT2D eigenvalue weighted by Gasteiger charge is 2.24. The number of hydrogen-bond acceptors (Lipinski definition) is 10. The summed E-state index contributed by atoms with van der Waals surface area (Å²) < 4.78 is 10.4. The SMILES string of the molecule is COCCOc1cc(NC(=O)N(C)c2ncc(CN3CCN(C)CC3=O)c(C=O)n2)ncc1C#N. The summed E-state index contributed by atoms with van der Waals surface area (Å²) in [5.41, 5.74) is 0.787. The Kier molecular flexibility index (Phi) is 8.60. The lowest BCUT2D eigenvalue weighted by atomic mass is 10.2. The van der Waals surface area contributed by atoms with Crippen LogP contribution in [-0.4, -0.2) is 97.0 Å². The first kappa shape index (κ1) is 25.5. The first-order chi connectivity index (χ1) is 16.9. The van der Waals surface area contributed by atoms with Crippen molar-refractivity contribution in [2.45, 2.75) is 6.54 Å². The molecule has 1 fully saturated rings. The van der Waals surface area contributed by atoms with E-state index in [4.69, 9.17) is 9.47 Å². The average molecular weight is 483 g/mol. The molecule has 0 aromatic carbocycles. The van der Waals surface area contributed by atoms with Crippen molar-refractivity contribution in [3.8, 4) is 11.8 Å². The van der Waals surface area contributed by atoms with E-state index in [0.29, 0.717) is 31.5 Å². The van der Waals surface area contributed by atoms with Crippen molar-refractivity contribution in [2.75, 3.05) is 64.3 Å². The second-order valence-corrected chi connectivity index (χ2v) is 7.76. The van der Waals surface area contributed by atoms with Crippen LogP contribution in [0, 0.1) is 11.3 Å². The predicted octanol–water partition coefficient (Wildman–Crippen LogP) is 0.523. The number of aromatic nitrogens is 3. The Balaban J connectivity index is 1.71. The number of piperazine rings is 1. The van der Waals surface area contributed by atoms with Crippen LogP contribution in [0.3, 0.4) is 0 Å². The van der Waals surface area contributed by atoms with Crippen molar-refractivity contribution >= 4 is 30.0 Å². The average Bonchev–Trinajstić information content (AvgIpc) is 2.85. The third kappa shape index (κ3) is 6.46. The third-order valence-electron chi connectivity index (χ3n) is 5.24. The number of carbonyl (C=O) groups is 3. The maximum Gasteiger partial charge on any atom is 0.329 e. The lowest BCUT2D eigenvalue weighted by molar-refractivity contribution is -0.136. The Hall–Kier alpha value is -4.15. The van der Waals surface area contributed by atoms with Gasteiger partial charge in [-0.05, 0) is 7.05 Å². The molecular formula is C22H26N8O5. The molecule has 1 saturated heterocycles. The zero-order valence-corrected chi connectivity index (χ0v) is 19.7. The summed E-state index contributed by atoms with van der Waals surface area (Å²) in [6, 6.07) is 2.78. The van der Waals surface area contributed by atoms with E-state index in [1.54, 1.807) is 4.90 Å². The van der Waals surface area contributed by atoms with Crippen LogP contribution >= 0.6 is 0 Å². The lowest BCUT2D eigenvalue weighted by Crippen LogP contribution is -2.48. The van der Waals surface area contributed by atoms with Crippen molar-refractivity contribution < 1.29 is 23.9 Å². The van der Waals surface area contributed by atoms with Gasteiger partial charge in [-0.15, -0.1) is 0 Å². The van der Waals surface area contributed by atoms with E-state index in [9.17, 15) is 19.6 Å². The summed E-state index contributed by atoms with van der Waals surface area (Å²) in [7, 11) is 4.83. The van der Waals surface area contributed by atoms with E-state index in [1.807, 2.05) is 18.0 Å². The van der Waals surface area contributed by atoms with Crippen LogP contribution in [0.4, 0.5) is 16.6 Å². The molecule has 0 aliphatic carbocycles. The smallest absolute Gasteiger partial charge is 0.329 e. The highest BCUT2D eigenvalue weighted by atomic mass is 16.5. The van der Waals surface area contributed by atoms with E-state index in [0.717, 1.165) is 11.4 Å². The van der Waals surface area contributed by atoms with Crippen molar-refractivity contribution in [3.05, 3.63) is 35.3 Å². The summed E-state index contributed by atoms with van der Waals surface area (Å²) in [6.45, 7) is 2.32. The summed E-state index contributed by atoms with van der Waals surface area (Å²) in [5.74, 6) is 0.341. The Morgan fingerprint density at radius 3 is 2.80 bits per heavy atom. The maximum atomic E-state index is 12.7. The van der Waals surface area contributed by atoms with Crippen molar-refractivity contribution in [2.24, 2.45) is 0 Å². The summed E-state index contributed by atoms with van der Waals surface area (Å²) in [4.78, 5) is 53.8. The van der Waals surface area contributed by atoms with Crippen LogP contribution in [0.5, 0.6) is 5.75 Å². The lowest BCUT2D eigenvalue weighted by Gasteiger charge is -2.32. The minimum Gasteiger partial charge on any atom is -0.490 e. The number of likely N-dealkylation sites (N-methyl/N-ethyl adjacent to an activating group) is 1. The summed E-state index contributed by atoms with van der Waals surface area (Å²) in [5, 5.41) is 11.8. The quantitative estimate of drug-likeness (QED) is 0.395. The Morgan fingerprint density at radius 1 is 1.31 bits per heavy atom. The molecule has 1 N–H and O–H groups in total. The molecule has 35 heavy (non-hydrogen) atoms. The van der Waals surface area contributed by atoms with Gasteiger partial charge in [0.05, 0.1) is 19.3 Å². The fourth-order valence-electron chi connectivity index (χ4n) is 3.22. The molecule has 3 rings (SSSR count). The number of aldehydes is 1. The Bertz CT molecular complexity index is 1140. The molecule has 13 nitrogen and oxygen atoms in total. The molecule has 0 atom stereocenters. The van der Waals surface area contributed by atoms with Gasteiger partial charge < -0.3 is 14.4 Å². The minimum absolute atomic E-state index is 0.0109. The number of hydrogen-bond donors (Lipinski definition) is 1. The van der Waals surface area contributed by atoms with E-state index >= 15 is 0 Å². The molecule has 184 valence electrons. The molecule has 3 heterocycles. The van der Waals surface area contributed by atoms with Crippen LogP contribution < -0.4 is 15.0 Å². The van der Waals surface area contributed by atoms with Crippen LogP contribution in [0.15, 0.2) is 18.5 Å². The van der Waals surface area contributed by atoms with Gasteiger partial charge in [0.15, 0.2) is 6.29 Å². The summed E-state index contributed by atoms with van der Waals surface area (Å²) in [6.07, 6.45) is 3.29. The number of rotatable bonds is 9. The number of urea groups is 1. The van der Waals surface area contributed by atoms with E-state index < -0.39 is 6.03 Å². The maximum absolute atomic E-state index is 12.7. The number of pyridine rings is 1. The molecular weight excluding hydrogens is 456 g/mol. The van der Waals surface area contributed by atoms with Crippen LogP contribution in [0.25, 0.3) is 0 Å². The minimum atomic E-state index is -0.621. The molecule has 0 saturated carbocycles. The number of methoxy groups -OCH3 is 1. The van der Waals surface area contributed by atoms with Crippen LogP contribution in [-0.2, 0) is 16.1 Å². The molecule has 1 aliphatic heterocycles.